The highest BCUT2D eigenvalue weighted by atomic mass is 32.1. The third-order valence-electron chi connectivity index (χ3n) is 5.93. The minimum atomic E-state index is -0.0424. The van der Waals surface area contributed by atoms with E-state index in [0.717, 1.165) is 40.4 Å². The minimum absolute atomic E-state index is 0.0424. The summed E-state index contributed by atoms with van der Waals surface area (Å²) in [5, 5.41) is 3.90. The lowest BCUT2D eigenvalue weighted by Gasteiger charge is -2.34. The second kappa shape index (κ2) is 11.4. The fraction of sp³-hybridized carbons (Fsp3) is 0.542. The maximum atomic E-state index is 13.1. The molecule has 1 aromatic heterocycles. The summed E-state index contributed by atoms with van der Waals surface area (Å²) in [4.78, 5) is 32.8. The number of hydrogen-bond acceptors (Lipinski definition) is 5. The number of aromatic nitrogens is 1. The van der Waals surface area contributed by atoms with E-state index in [9.17, 15) is 9.59 Å². The van der Waals surface area contributed by atoms with Crippen LogP contribution in [0.1, 0.15) is 48.5 Å². The van der Waals surface area contributed by atoms with Crippen LogP contribution in [0.25, 0.3) is 10.6 Å². The molecule has 3 rings (SSSR count). The van der Waals surface area contributed by atoms with Crippen molar-refractivity contribution >= 4 is 23.2 Å². The first kappa shape index (κ1) is 23.4. The molecule has 2 heterocycles. The molecule has 7 heteroatoms. The number of carbonyl (C=O) groups excluding carboxylic acids is 2. The normalized spacial score (nSPS) is 15.6. The molecule has 31 heavy (non-hydrogen) atoms. The van der Waals surface area contributed by atoms with Gasteiger partial charge in [0.25, 0.3) is 5.91 Å². The van der Waals surface area contributed by atoms with Crippen molar-refractivity contribution in [3.63, 3.8) is 0 Å². The van der Waals surface area contributed by atoms with Crippen molar-refractivity contribution < 1.29 is 14.3 Å². The van der Waals surface area contributed by atoms with E-state index >= 15 is 0 Å². The van der Waals surface area contributed by atoms with Gasteiger partial charge in [0.15, 0.2) is 0 Å². The zero-order valence-electron chi connectivity index (χ0n) is 18.7. The van der Waals surface area contributed by atoms with E-state index in [4.69, 9.17) is 4.74 Å². The van der Waals surface area contributed by atoms with E-state index in [1.807, 2.05) is 56.0 Å². The highest BCUT2D eigenvalue weighted by Crippen LogP contribution is 2.31. The van der Waals surface area contributed by atoms with Crippen molar-refractivity contribution in [3.8, 4) is 10.6 Å². The summed E-state index contributed by atoms with van der Waals surface area (Å²) in [5.41, 5.74) is 1.82. The number of carbonyl (C=O) groups is 2. The maximum Gasteiger partial charge on any atom is 0.265 e. The van der Waals surface area contributed by atoms with Crippen molar-refractivity contribution in [2.24, 2.45) is 11.8 Å². The van der Waals surface area contributed by atoms with E-state index in [1.165, 1.54) is 11.3 Å². The standard InChI is InChI=1S/C24H33N3O3S/c1-4-30-16-8-13-25-22(28)17(2)19-11-14-27(15-12-19)24(29)21-18(3)26-23(31-21)20-9-6-5-7-10-20/h5-7,9-10,17,19H,4,8,11-16H2,1-3H3,(H,25,28)/t17-/m1/s1. The van der Waals surface area contributed by atoms with Crippen LogP contribution in [0, 0.1) is 18.8 Å². The largest absolute Gasteiger partial charge is 0.382 e. The summed E-state index contributed by atoms with van der Waals surface area (Å²) in [7, 11) is 0. The molecule has 0 aliphatic carbocycles. The number of ether oxygens (including phenoxy) is 1. The smallest absolute Gasteiger partial charge is 0.265 e. The number of hydrogen-bond donors (Lipinski definition) is 1. The molecule has 1 aromatic carbocycles. The molecular weight excluding hydrogens is 410 g/mol. The van der Waals surface area contributed by atoms with Crippen molar-refractivity contribution in [3.05, 3.63) is 40.9 Å². The number of rotatable bonds is 9. The Hall–Kier alpha value is -2.25. The molecule has 1 fully saturated rings. The molecular formula is C24H33N3O3S. The molecule has 1 aliphatic rings. The Morgan fingerprint density at radius 2 is 1.97 bits per heavy atom. The van der Waals surface area contributed by atoms with Gasteiger partial charge in [-0.2, -0.15) is 0 Å². The van der Waals surface area contributed by atoms with Crippen LogP contribution >= 0.6 is 11.3 Å². The Morgan fingerprint density at radius 3 is 2.65 bits per heavy atom. The molecule has 168 valence electrons. The number of thiazole rings is 1. The monoisotopic (exact) mass is 443 g/mol. The second-order valence-corrected chi connectivity index (χ2v) is 9.06. The predicted molar refractivity (Wildman–Crippen MR) is 124 cm³/mol. The molecule has 2 amide bonds. The highest BCUT2D eigenvalue weighted by Gasteiger charge is 2.31. The number of nitrogens with zero attached hydrogens (tertiary/aromatic N) is 2. The number of aryl methyl sites for hydroxylation is 1. The van der Waals surface area contributed by atoms with Gasteiger partial charge < -0.3 is 15.0 Å². The topological polar surface area (TPSA) is 71.5 Å². The molecule has 6 nitrogen and oxygen atoms in total. The lowest BCUT2D eigenvalue weighted by molar-refractivity contribution is -0.126. The van der Waals surface area contributed by atoms with Gasteiger partial charge >= 0.3 is 0 Å². The Morgan fingerprint density at radius 1 is 1.26 bits per heavy atom. The van der Waals surface area contributed by atoms with Crippen LogP contribution in [0.5, 0.6) is 0 Å². The van der Waals surface area contributed by atoms with Crippen LogP contribution in [0.3, 0.4) is 0 Å². The molecule has 0 saturated carbocycles. The molecule has 0 bridgehead atoms. The number of piperidine rings is 1. The van der Waals surface area contributed by atoms with Crippen LogP contribution < -0.4 is 5.32 Å². The van der Waals surface area contributed by atoms with E-state index in [1.54, 1.807) is 0 Å². The SMILES string of the molecule is CCOCCCNC(=O)[C@H](C)C1CCN(C(=O)c2sc(-c3ccccc3)nc2C)CC1. The van der Waals surface area contributed by atoms with Gasteiger partial charge in [0.1, 0.15) is 9.88 Å². The quantitative estimate of drug-likeness (QED) is 0.591. The summed E-state index contributed by atoms with van der Waals surface area (Å²) in [6.07, 6.45) is 2.53. The third-order valence-corrected chi connectivity index (χ3v) is 7.12. The molecule has 1 atom stereocenters. The second-order valence-electron chi connectivity index (χ2n) is 8.06. The molecule has 0 spiro atoms. The predicted octanol–water partition coefficient (Wildman–Crippen LogP) is 4.15. The first-order chi connectivity index (χ1) is 15.0. The molecule has 0 unspecified atom stereocenters. The fourth-order valence-corrected chi connectivity index (χ4v) is 4.99. The summed E-state index contributed by atoms with van der Waals surface area (Å²) >= 11 is 1.46. The van der Waals surface area contributed by atoms with Crippen LogP contribution in [-0.2, 0) is 9.53 Å². The maximum absolute atomic E-state index is 13.1. The Bertz CT molecular complexity index is 860. The number of amides is 2. The Balaban J connectivity index is 1.51. The van der Waals surface area contributed by atoms with Crippen LogP contribution in [0.2, 0.25) is 0 Å². The lowest BCUT2D eigenvalue weighted by atomic mass is 9.84. The van der Waals surface area contributed by atoms with Gasteiger partial charge in [-0.05, 0) is 39.0 Å². The van der Waals surface area contributed by atoms with Crippen molar-refractivity contribution in [1.29, 1.82) is 0 Å². The summed E-state index contributed by atoms with van der Waals surface area (Å²) in [6.45, 7) is 9.27. The van der Waals surface area contributed by atoms with Crippen molar-refractivity contribution in [2.75, 3.05) is 32.8 Å². The van der Waals surface area contributed by atoms with E-state index in [2.05, 4.69) is 10.3 Å². The Kier molecular flexibility index (Phi) is 8.60. The van der Waals surface area contributed by atoms with Gasteiger partial charge in [-0.3, -0.25) is 9.59 Å². The van der Waals surface area contributed by atoms with Crippen LogP contribution in [0.4, 0.5) is 0 Å². The van der Waals surface area contributed by atoms with Crippen molar-refractivity contribution in [1.82, 2.24) is 15.2 Å². The molecule has 1 N–H and O–H groups in total. The molecule has 1 aliphatic heterocycles. The van der Waals surface area contributed by atoms with E-state index < -0.39 is 0 Å². The minimum Gasteiger partial charge on any atom is -0.382 e. The van der Waals surface area contributed by atoms with Gasteiger partial charge in [-0.1, -0.05) is 37.3 Å². The molecule has 2 aromatic rings. The zero-order valence-corrected chi connectivity index (χ0v) is 19.5. The van der Waals surface area contributed by atoms with Gasteiger partial charge in [0.05, 0.1) is 5.69 Å². The Labute approximate surface area is 189 Å². The summed E-state index contributed by atoms with van der Waals surface area (Å²) in [6, 6.07) is 9.97. The van der Waals surface area contributed by atoms with Gasteiger partial charge in [-0.25, -0.2) is 4.98 Å². The highest BCUT2D eigenvalue weighted by molar-refractivity contribution is 7.17. The van der Waals surface area contributed by atoms with E-state index in [0.29, 0.717) is 38.8 Å². The number of likely N-dealkylation sites (tertiary alicyclic amines) is 1. The zero-order chi connectivity index (χ0) is 22.2. The average molecular weight is 444 g/mol. The van der Waals surface area contributed by atoms with Crippen molar-refractivity contribution in [2.45, 2.75) is 40.0 Å². The third kappa shape index (κ3) is 6.14. The van der Waals surface area contributed by atoms with Crippen LogP contribution in [-0.4, -0.2) is 54.5 Å². The first-order valence-corrected chi connectivity index (χ1v) is 12.0. The van der Waals surface area contributed by atoms with Gasteiger partial charge in [-0.15, -0.1) is 11.3 Å². The van der Waals surface area contributed by atoms with E-state index in [-0.39, 0.29) is 17.7 Å². The molecule has 1 saturated heterocycles. The number of benzene rings is 1. The lowest BCUT2D eigenvalue weighted by Crippen LogP contribution is -2.42. The summed E-state index contributed by atoms with van der Waals surface area (Å²) in [5.74, 6) is 0.424. The summed E-state index contributed by atoms with van der Waals surface area (Å²) < 4.78 is 5.31. The fourth-order valence-electron chi connectivity index (χ4n) is 3.95. The van der Waals surface area contributed by atoms with Crippen LogP contribution in [0.15, 0.2) is 30.3 Å². The molecule has 0 radical (unpaired) electrons. The average Bonchev–Trinajstić information content (AvgIpc) is 3.20. The van der Waals surface area contributed by atoms with Gasteiger partial charge in [0.2, 0.25) is 5.91 Å². The van der Waals surface area contributed by atoms with Gasteiger partial charge in [0, 0.05) is 44.3 Å². The first-order valence-electron chi connectivity index (χ1n) is 11.2. The number of nitrogens with one attached hydrogen (secondary N) is 1.